The Balaban J connectivity index is 1.34. The van der Waals surface area contributed by atoms with E-state index in [0.29, 0.717) is 24.6 Å². The Morgan fingerprint density at radius 2 is 1.75 bits per heavy atom. The maximum atomic E-state index is 14.0. The fraction of sp³-hybridized carbons (Fsp3) is 0.459. The van der Waals surface area contributed by atoms with E-state index in [9.17, 15) is 18.3 Å². The maximum absolute atomic E-state index is 14.0. The van der Waals surface area contributed by atoms with Gasteiger partial charge in [0.05, 0.1) is 27.2 Å². The van der Waals surface area contributed by atoms with Gasteiger partial charge >= 0.3 is 0 Å². The predicted octanol–water partition coefficient (Wildman–Crippen LogP) is 6.26. The Hall–Kier alpha value is -3.93. The van der Waals surface area contributed by atoms with Crippen LogP contribution in [0.2, 0.25) is 0 Å². The van der Waals surface area contributed by atoms with E-state index in [4.69, 9.17) is 14.5 Å². The number of fused-ring (bicyclic) bond motifs is 1. The van der Waals surface area contributed by atoms with Crippen LogP contribution in [0.5, 0.6) is 5.75 Å². The Bertz CT molecular complexity index is 1840. The van der Waals surface area contributed by atoms with Gasteiger partial charge < -0.3 is 24.5 Å². The first-order valence-corrected chi connectivity index (χ1v) is 18.0. The molecule has 48 heavy (non-hydrogen) atoms. The number of aromatic hydroxyl groups is 1. The molecule has 5 rings (SSSR count). The van der Waals surface area contributed by atoms with Crippen LogP contribution in [-0.2, 0) is 38.1 Å². The molecule has 1 aliphatic heterocycles. The molecule has 0 unspecified atom stereocenters. The van der Waals surface area contributed by atoms with Gasteiger partial charge in [0.15, 0.2) is 0 Å². The molecule has 1 fully saturated rings. The smallest absolute Gasteiger partial charge is 0.264 e. The van der Waals surface area contributed by atoms with Crippen molar-refractivity contribution >= 4 is 32.7 Å². The Labute approximate surface area is 284 Å². The summed E-state index contributed by atoms with van der Waals surface area (Å²) in [5.74, 6) is 0.868. The van der Waals surface area contributed by atoms with E-state index in [2.05, 4.69) is 9.88 Å². The van der Waals surface area contributed by atoms with Gasteiger partial charge in [0.25, 0.3) is 15.9 Å². The summed E-state index contributed by atoms with van der Waals surface area (Å²) in [6, 6.07) is 19.0. The number of benzene rings is 3. The Morgan fingerprint density at radius 3 is 2.40 bits per heavy atom. The first kappa shape index (κ1) is 35.4. The lowest BCUT2D eigenvalue weighted by Crippen LogP contribution is -2.35. The second-order valence-electron chi connectivity index (χ2n) is 13.8. The van der Waals surface area contributed by atoms with E-state index in [1.807, 2.05) is 65.0 Å². The van der Waals surface area contributed by atoms with E-state index < -0.39 is 15.6 Å². The third-order valence-corrected chi connectivity index (χ3v) is 11.1. The minimum Gasteiger partial charge on any atom is -0.507 e. The number of aromatic nitrogens is 2. The molecule has 4 aromatic rings. The van der Waals surface area contributed by atoms with Gasteiger partial charge in [-0.05, 0) is 99.4 Å². The highest BCUT2D eigenvalue weighted by Crippen LogP contribution is 2.33. The number of nitrogens with one attached hydrogen (secondary N) is 1. The summed E-state index contributed by atoms with van der Waals surface area (Å²) in [7, 11) is -2.19. The van der Waals surface area contributed by atoms with Crippen LogP contribution in [0.15, 0.2) is 71.6 Å². The normalized spacial score (nSPS) is 14.7. The lowest BCUT2D eigenvalue weighted by atomic mass is 9.85. The summed E-state index contributed by atoms with van der Waals surface area (Å²) in [4.78, 5) is 17.8. The topological polar surface area (TPSA) is 123 Å². The van der Waals surface area contributed by atoms with Crippen LogP contribution in [0.3, 0.4) is 0 Å². The number of phenolic OH excluding ortho intramolecular Hbond substituents is 1. The zero-order valence-electron chi connectivity index (χ0n) is 28.8. The standard InChI is InChI=1S/C37H48N4O6S/c1-7-41(28-14-17-32-31(22-28)39-35(37(4,5)46-6)40(32)24-27-18-20-47-21-19-27)48(44,45)29-15-12-26(13-16-29)23-36(2,3)25-38-34(43)30-10-8-9-11-33(30)42/h8-17,22,27,42H,7,18-21,23-25H2,1-6H3,(H,38,43). The average molecular weight is 677 g/mol. The van der Waals surface area contributed by atoms with E-state index in [-0.39, 0.29) is 34.1 Å². The molecule has 0 saturated carbocycles. The molecular weight excluding hydrogens is 628 g/mol. The molecule has 1 aromatic heterocycles. The number of para-hydroxylation sites is 1. The summed E-state index contributed by atoms with van der Waals surface area (Å²) >= 11 is 0. The number of carbonyl (C=O) groups excluding carboxylic acids is 1. The molecule has 0 bridgehead atoms. The number of imidazole rings is 1. The van der Waals surface area contributed by atoms with Crippen LogP contribution in [0.1, 0.15) is 69.2 Å². The van der Waals surface area contributed by atoms with Crippen molar-refractivity contribution in [2.75, 3.05) is 37.7 Å². The van der Waals surface area contributed by atoms with Crippen LogP contribution in [0, 0.1) is 11.3 Å². The lowest BCUT2D eigenvalue weighted by Gasteiger charge is -2.27. The summed E-state index contributed by atoms with van der Waals surface area (Å²) in [6.07, 6.45) is 2.58. The number of anilines is 1. The van der Waals surface area contributed by atoms with Crippen LogP contribution in [0.4, 0.5) is 5.69 Å². The first-order valence-electron chi connectivity index (χ1n) is 16.6. The monoisotopic (exact) mass is 676 g/mol. The quantitative estimate of drug-likeness (QED) is 0.171. The molecule has 1 saturated heterocycles. The van der Waals surface area contributed by atoms with Gasteiger partial charge in [0.2, 0.25) is 0 Å². The molecule has 1 aliphatic rings. The molecule has 0 radical (unpaired) electrons. The fourth-order valence-electron chi connectivity index (χ4n) is 6.29. The molecule has 1 amide bonds. The highest BCUT2D eigenvalue weighted by molar-refractivity contribution is 7.92. The van der Waals surface area contributed by atoms with Gasteiger partial charge in [-0.3, -0.25) is 9.10 Å². The number of nitrogens with zero attached hydrogens (tertiary/aromatic N) is 3. The van der Waals surface area contributed by atoms with Gasteiger partial charge in [0, 0.05) is 40.0 Å². The minimum absolute atomic E-state index is 0.0642. The minimum atomic E-state index is -3.87. The highest BCUT2D eigenvalue weighted by Gasteiger charge is 2.31. The van der Waals surface area contributed by atoms with Gasteiger partial charge in [-0.1, -0.05) is 38.1 Å². The van der Waals surface area contributed by atoms with Crippen LogP contribution in [-0.4, -0.2) is 62.4 Å². The predicted molar refractivity (Wildman–Crippen MR) is 188 cm³/mol. The zero-order valence-corrected chi connectivity index (χ0v) is 29.6. The summed E-state index contributed by atoms with van der Waals surface area (Å²) in [5, 5.41) is 12.9. The largest absolute Gasteiger partial charge is 0.507 e. The fourth-order valence-corrected chi connectivity index (χ4v) is 7.76. The van der Waals surface area contributed by atoms with E-state index in [0.717, 1.165) is 55.0 Å². The van der Waals surface area contributed by atoms with Gasteiger partial charge in [0.1, 0.15) is 17.2 Å². The number of ether oxygens (including phenoxy) is 2. The molecule has 0 atom stereocenters. The Morgan fingerprint density at radius 1 is 1.06 bits per heavy atom. The highest BCUT2D eigenvalue weighted by atomic mass is 32.2. The van der Waals surface area contributed by atoms with Crippen molar-refractivity contribution < 1.29 is 27.8 Å². The van der Waals surface area contributed by atoms with Crippen LogP contribution < -0.4 is 9.62 Å². The molecule has 3 aromatic carbocycles. The lowest BCUT2D eigenvalue weighted by molar-refractivity contribution is 0.00684. The summed E-state index contributed by atoms with van der Waals surface area (Å²) in [5.41, 5.74) is 2.44. The molecule has 11 heteroatoms. The van der Waals surface area contributed by atoms with Crippen molar-refractivity contribution in [2.45, 2.75) is 70.9 Å². The molecule has 0 aliphatic carbocycles. The third-order valence-electron chi connectivity index (χ3n) is 9.21. The molecule has 2 heterocycles. The average Bonchev–Trinajstić information content (AvgIpc) is 3.43. The van der Waals surface area contributed by atoms with Crippen molar-refractivity contribution in [3.63, 3.8) is 0 Å². The zero-order chi connectivity index (χ0) is 34.7. The molecule has 2 N–H and O–H groups in total. The van der Waals surface area contributed by atoms with E-state index in [1.165, 1.54) is 10.4 Å². The Kier molecular flexibility index (Phi) is 10.5. The van der Waals surface area contributed by atoms with E-state index >= 15 is 0 Å². The van der Waals surface area contributed by atoms with Crippen molar-refractivity contribution in [1.82, 2.24) is 14.9 Å². The third kappa shape index (κ3) is 7.69. The van der Waals surface area contributed by atoms with Crippen molar-refractivity contribution in [3.8, 4) is 5.75 Å². The van der Waals surface area contributed by atoms with Crippen molar-refractivity contribution in [1.29, 1.82) is 0 Å². The second-order valence-corrected chi connectivity index (χ2v) is 15.7. The summed E-state index contributed by atoms with van der Waals surface area (Å²) < 4.78 is 43.0. The number of amides is 1. The van der Waals surface area contributed by atoms with Crippen LogP contribution in [0.25, 0.3) is 11.0 Å². The number of hydrogen-bond donors (Lipinski definition) is 2. The molecule has 258 valence electrons. The van der Waals surface area contributed by atoms with Gasteiger partial charge in [-0.25, -0.2) is 13.4 Å². The van der Waals surface area contributed by atoms with Gasteiger partial charge in [-0.2, -0.15) is 0 Å². The van der Waals surface area contributed by atoms with Crippen LogP contribution >= 0.6 is 0 Å². The first-order chi connectivity index (χ1) is 22.8. The SMILES string of the molecule is CCN(c1ccc2c(c1)nc(C(C)(C)OC)n2CC1CCOCC1)S(=O)(=O)c1ccc(CC(C)(C)CNC(=O)c2ccccc2O)cc1. The summed E-state index contributed by atoms with van der Waals surface area (Å²) in [6.45, 7) is 12.8. The maximum Gasteiger partial charge on any atom is 0.264 e. The number of methoxy groups -OCH3 is 1. The van der Waals surface area contributed by atoms with Crippen molar-refractivity contribution in [2.24, 2.45) is 11.3 Å². The number of phenols is 1. The molecule has 0 spiro atoms. The van der Waals surface area contributed by atoms with Crippen molar-refractivity contribution in [3.05, 3.63) is 83.7 Å². The second kappa shape index (κ2) is 14.3. The molecule has 10 nitrogen and oxygen atoms in total. The van der Waals surface area contributed by atoms with E-state index in [1.54, 1.807) is 37.4 Å². The number of carbonyl (C=O) groups is 1. The number of sulfonamides is 1. The molecular formula is C37H48N4O6S. The van der Waals surface area contributed by atoms with Gasteiger partial charge in [-0.15, -0.1) is 0 Å². The number of rotatable bonds is 13. The number of hydrogen-bond acceptors (Lipinski definition) is 7.